The zero-order valence-corrected chi connectivity index (χ0v) is 22.2. The van der Waals surface area contributed by atoms with Crippen molar-refractivity contribution in [2.45, 2.75) is 44.8 Å². The van der Waals surface area contributed by atoms with E-state index < -0.39 is 12.0 Å². The number of para-hydroxylation sites is 1. The average Bonchev–Trinajstić information content (AvgIpc) is 3.31. The highest BCUT2D eigenvalue weighted by atomic mass is 16.5. The minimum absolute atomic E-state index is 0.217. The van der Waals surface area contributed by atoms with Crippen LogP contribution in [0.4, 0.5) is 0 Å². The number of amides is 1. The molecule has 1 atom stereocenters. The van der Waals surface area contributed by atoms with Gasteiger partial charge in [0.05, 0.1) is 5.56 Å². The molecule has 2 aromatic heterocycles. The number of nitrogens with two attached hydrogens (primary N) is 1. The third-order valence-electron chi connectivity index (χ3n) is 6.81. The number of H-pyrrole nitrogens is 1. The van der Waals surface area contributed by atoms with Crippen LogP contribution in [-0.4, -0.2) is 45.8 Å². The lowest BCUT2D eigenvalue weighted by Crippen LogP contribution is -2.45. The van der Waals surface area contributed by atoms with Crippen LogP contribution in [0.2, 0.25) is 0 Å². The van der Waals surface area contributed by atoms with E-state index in [1.165, 1.54) is 11.9 Å². The fraction of sp³-hybridized carbons (Fsp3) is 0.290. The number of hydrogen-bond donors (Lipinski definition) is 4. The van der Waals surface area contributed by atoms with Crippen molar-refractivity contribution in [3.63, 3.8) is 0 Å². The van der Waals surface area contributed by atoms with E-state index in [0.717, 1.165) is 47.1 Å². The zero-order chi connectivity index (χ0) is 27.4. The smallest absolute Gasteiger partial charge is 0.250 e. The molecule has 0 spiro atoms. The monoisotopic (exact) mass is 526 g/mol. The molecule has 0 fully saturated rings. The van der Waals surface area contributed by atoms with Crippen molar-refractivity contribution in [3.05, 3.63) is 95.3 Å². The van der Waals surface area contributed by atoms with Gasteiger partial charge in [-0.3, -0.25) is 4.79 Å². The van der Waals surface area contributed by atoms with Gasteiger partial charge in [0.2, 0.25) is 11.8 Å². The molecule has 2 aromatic carbocycles. The number of aromatic nitrogens is 2. The number of aliphatic hydroxyl groups is 1. The Kier molecular flexibility index (Phi) is 7.67. The highest BCUT2D eigenvalue weighted by molar-refractivity contribution is 5.93. The molecule has 8 nitrogen and oxygen atoms in total. The first-order valence-electron chi connectivity index (χ1n) is 13.2. The second-order valence-electron chi connectivity index (χ2n) is 10.5. The van der Waals surface area contributed by atoms with E-state index >= 15 is 0 Å². The van der Waals surface area contributed by atoms with Crippen molar-refractivity contribution in [1.29, 1.82) is 0 Å². The number of nitrogens with one attached hydrogen (secondary N) is 2. The summed E-state index contributed by atoms with van der Waals surface area (Å²) in [6.07, 6.45) is 5.50. The number of carbonyl (C=O) groups is 1. The fourth-order valence-electron chi connectivity index (χ4n) is 4.84. The average molecular weight is 527 g/mol. The summed E-state index contributed by atoms with van der Waals surface area (Å²) in [5.41, 5.74) is 9.87. The van der Waals surface area contributed by atoms with Gasteiger partial charge >= 0.3 is 0 Å². The lowest BCUT2D eigenvalue weighted by Gasteiger charge is -2.28. The van der Waals surface area contributed by atoms with Gasteiger partial charge in [-0.1, -0.05) is 30.3 Å². The van der Waals surface area contributed by atoms with Gasteiger partial charge < -0.3 is 30.6 Å². The lowest BCUT2D eigenvalue weighted by molar-refractivity contribution is 0.0860. The van der Waals surface area contributed by atoms with Crippen LogP contribution < -0.4 is 15.8 Å². The van der Waals surface area contributed by atoms with Gasteiger partial charge in [-0.25, -0.2) is 4.98 Å². The molecule has 5 rings (SSSR count). The van der Waals surface area contributed by atoms with E-state index in [4.69, 9.17) is 15.2 Å². The summed E-state index contributed by atoms with van der Waals surface area (Å²) < 4.78 is 11.9. The topological polar surface area (TPSA) is 122 Å². The third-order valence-corrected chi connectivity index (χ3v) is 6.81. The second kappa shape index (κ2) is 11.3. The summed E-state index contributed by atoms with van der Waals surface area (Å²) in [5, 5.41) is 15.3. The summed E-state index contributed by atoms with van der Waals surface area (Å²) in [6.45, 7) is 4.84. The molecule has 1 aliphatic rings. The van der Waals surface area contributed by atoms with Gasteiger partial charge in [-0.2, -0.15) is 0 Å². The number of benzene rings is 2. The Bertz CT molecular complexity index is 1470. The molecule has 2 heterocycles. The van der Waals surface area contributed by atoms with Gasteiger partial charge in [0, 0.05) is 46.5 Å². The maximum atomic E-state index is 11.2. The molecule has 0 saturated heterocycles. The molecule has 0 aliphatic heterocycles. The molecule has 0 unspecified atom stereocenters. The molecule has 8 heteroatoms. The summed E-state index contributed by atoms with van der Waals surface area (Å²) in [7, 11) is 0. The van der Waals surface area contributed by atoms with Crippen molar-refractivity contribution in [2.24, 2.45) is 5.73 Å². The minimum Gasteiger partial charge on any atom is -0.490 e. The fourth-order valence-corrected chi connectivity index (χ4v) is 4.84. The number of nitrogens with zero attached hydrogens (tertiary/aromatic N) is 1. The highest BCUT2D eigenvalue weighted by Gasteiger charge is 2.22. The quantitative estimate of drug-likeness (QED) is 0.224. The predicted octanol–water partition coefficient (Wildman–Crippen LogP) is 4.73. The third kappa shape index (κ3) is 6.47. The number of ether oxygens (including phenoxy) is 2. The summed E-state index contributed by atoms with van der Waals surface area (Å²) in [5.74, 6) is 1.34. The number of hydrogen-bond acceptors (Lipinski definition) is 6. The van der Waals surface area contributed by atoms with Crippen LogP contribution in [0.25, 0.3) is 16.7 Å². The first kappa shape index (κ1) is 26.5. The number of pyridine rings is 1. The molecule has 1 amide bonds. The van der Waals surface area contributed by atoms with Gasteiger partial charge in [0.1, 0.15) is 24.2 Å². The number of carbonyl (C=O) groups excluding carboxylic acids is 1. The van der Waals surface area contributed by atoms with E-state index in [2.05, 4.69) is 47.3 Å². The maximum absolute atomic E-state index is 11.2. The number of aromatic amines is 1. The van der Waals surface area contributed by atoms with E-state index in [9.17, 15) is 9.90 Å². The number of rotatable bonds is 11. The van der Waals surface area contributed by atoms with Crippen LogP contribution in [0.15, 0.2) is 72.9 Å². The molecule has 0 saturated carbocycles. The molecule has 0 bridgehead atoms. The Morgan fingerprint density at radius 1 is 1.15 bits per heavy atom. The van der Waals surface area contributed by atoms with Crippen molar-refractivity contribution >= 4 is 22.6 Å². The highest BCUT2D eigenvalue weighted by Crippen LogP contribution is 2.34. The standard InChI is InChI=1S/C31H34N4O4/c1-31(2,16-20-10-13-23(14-11-20)39-28-15-12-21(17-33-28)30(32)37)34-18-22(36)19-38-27-9-5-8-26-29(27)24-6-3-4-7-25(24)35-26/h3-4,6-7,9-15,17,22,34-36H,5,8,16,18-19H2,1-2H3,(H2,32,37)/t22-/m0/s1. The second-order valence-corrected chi connectivity index (χ2v) is 10.5. The molecular weight excluding hydrogens is 492 g/mol. The molecule has 4 aromatic rings. The van der Waals surface area contributed by atoms with Crippen molar-refractivity contribution in [2.75, 3.05) is 13.2 Å². The number of primary amides is 1. The van der Waals surface area contributed by atoms with E-state index in [-0.39, 0.29) is 12.1 Å². The minimum atomic E-state index is -0.648. The Balaban J connectivity index is 1.11. The van der Waals surface area contributed by atoms with E-state index in [1.807, 2.05) is 36.4 Å². The van der Waals surface area contributed by atoms with Crippen molar-refractivity contribution < 1.29 is 19.4 Å². The Morgan fingerprint density at radius 2 is 1.95 bits per heavy atom. The Hall–Kier alpha value is -4.14. The van der Waals surface area contributed by atoms with Crippen molar-refractivity contribution in [3.8, 4) is 11.6 Å². The molecule has 1 aliphatic carbocycles. The SMILES string of the molecule is CC(C)(Cc1ccc(Oc2ccc(C(N)=O)cn2)cc1)NC[C@H](O)COC1=CCCc2[nH]c3ccccc3c21. The van der Waals surface area contributed by atoms with Crippen LogP contribution >= 0.6 is 0 Å². The largest absolute Gasteiger partial charge is 0.490 e. The maximum Gasteiger partial charge on any atom is 0.250 e. The first-order chi connectivity index (χ1) is 18.8. The first-order valence-corrected chi connectivity index (χ1v) is 13.2. The van der Waals surface area contributed by atoms with Crippen LogP contribution in [-0.2, 0) is 17.6 Å². The lowest BCUT2D eigenvalue weighted by atomic mass is 9.94. The summed E-state index contributed by atoms with van der Waals surface area (Å²) in [4.78, 5) is 18.8. The molecule has 5 N–H and O–H groups in total. The van der Waals surface area contributed by atoms with Crippen molar-refractivity contribution in [1.82, 2.24) is 15.3 Å². The van der Waals surface area contributed by atoms with Gasteiger partial charge in [0.15, 0.2) is 0 Å². The van der Waals surface area contributed by atoms with E-state index in [0.29, 0.717) is 23.7 Å². The Morgan fingerprint density at radius 3 is 2.69 bits per heavy atom. The summed E-state index contributed by atoms with van der Waals surface area (Å²) >= 11 is 0. The molecule has 0 radical (unpaired) electrons. The normalized spacial score (nSPS) is 14.0. The zero-order valence-electron chi connectivity index (χ0n) is 22.2. The molecule has 39 heavy (non-hydrogen) atoms. The molecule has 202 valence electrons. The van der Waals surface area contributed by atoms with E-state index in [1.54, 1.807) is 12.1 Å². The number of aliphatic hydroxyl groups excluding tert-OH is 1. The van der Waals surface area contributed by atoms with Crippen LogP contribution in [0.5, 0.6) is 11.6 Å². The number of fused-ring (bicyclic) bond motifs is 3. The van der Waals surface area contributed by atoms with Crippen LogP contribution in [0.3, 0.4) is 0 Å². The number of β-amino-alcohol motifs (C(OH)–C–C–N with tert-alkyl or cyclic N) is 1. The molecular formula is C31H34N4O4. The van der Waals surface area contributed by atoms with Crippen LogP contribution in [0, 0.1) is 0 Å². The Labute approximate surface area is 227 Å². The number of aryl methyl sites for hydroxylation is 1. The van der Waals surface area contributed by atoms with Crippen LogP contribution in [0.1, 0.15) is 47.4 Å². The van der Waals surface area contributed by atoms with Gasteiger partial charge in [-0.05, 0) is 69.0 Å². The summed E-state index contributed by atoms with van der Waals surface area (Å²) in [6, 6.07) is 19.2. The van der Waals surface area contributed by atoms with Gasteiger partial charge in [0.25, 0.3) is 0 Å². The predicted molar refractivity (Wildman–Crippen MR) is 152 cm³/mol. The van der Waals surface area contributed by atoms with Gasteiger partial charge in [-0.15, -0.1) is 0 Å². The number of allylic oxidation sites excluding steroid dienone is 1.